The zero-order chi connectivity index (χ0) is 15.2. The van der Waals surface area contributed by atoms with Gasteiger partial charge in [-0.1, -0.05) is 44.5 Å². The van der Waals surface area contributed by atoms with Crippen molar-refractivity contribution in [2.24, 2.45) is 5.73 Å². The molecule has 0 bridgehead atoms. The van der Waals surface area contributed by atoms with Crippen molar-refractivity contribution in [1.82, 2.24) is 9.80 Å². The first-order valence-corrected chi connectivity index (χ1v) is 8.44. The van der Waals surface area contributed by atoms with Crippen LogP contribution < -0.4 is 5.73 Å². The van der Waals surface area contributed by atoms with Crippen LogP contribution in [0.15, 0.2) is 24.3 Å². The van der Waals surface area contributed by atoms with Crippen LogP contribution in [-0.4, -0.2) is 48.6 Å². The van der Waals surface area contributed by atoms with Crippen molar-refractivity contribution in [2.75, 3.05) is 32.7 Å². The van der Waals surface area contributed by atoms with Gasteiger partial charge in [0.15, 0.2) is 0 Å². The van der Waals surface area contributed by atoms with Crippen LogP contribution in [0, 0.1) is 0 Å². The van der Waals surface area contributed by atoms with Gasteiger partial charge in [0.1, 0.15) is 0 Å². The van der Waals surface area contributed by atoms with E-state index < -0.39 is 0 Å². The summed E-state index contributed by atoms with van der Waals surface area (Å²) >= 11 is 0. The molecule has 1 heterocycles. The van der Waals surface area contributed by atoms with Crippen molar-refractivity contribution in [2.45, 2.75) is 45.7 Å². The number of nitrogens with two attached hydrogens (primary N) is 1. The Morgan fingerprint density at radius 2 is 1.90 bits per heavy atom. The molecule has 1 aliphatic heterocycles. The lowest BCUT2D eigenvalue weighted by Gasteiger charge is -2.40. The van der Waals surface area contributed by atoms with Crippen molar-refractivity contribution in [3.05, 3.63) is 35.4 Å². The van der Waals surface area contributed by atoms with E-state index in [1.807, 2.05) is 0 Å². The summed E-state index contributed by atoms with van der Waals surface area (Å²) in [7, 11) is 0. The van der Waals surface area contributed by atoms with Gasteiger partial charge in [-0.3, -0.25) is 9.80 Å². The van der Waals surface area contributed by atoms with Crippen LogP contribution >= 0.6 is 0 Å². The highest BCUT2D eigenvalue weighted by molar-refractivity contribution is 5.25. The van der Waals surface area contributed by atoms with E-state index in [1.165, 1.54) is 24.1 Å². The maximum atomic E-state index is 6.41. The van der Waals surface area contributed by atoms with Crippen LogP contribution in [-0.2, 0) is 6.42 Å². The number of aryl methyl sites for hydroxylation is 1. The molecule has 0 radical (unpaired) electrons. The van der Waals surface area contributed by atoms with Gasteiger partial charge in [-0.2, -0.15) is 0 Å². The molecule has 1 saturated heterocycles. The summed E-state index contributed by atoms with van der Waals surface area (Å²) in [6.07, 6.45) is 2.36. The van der Waals surface area contributed by atoms with E-state index in [0.717, 1.165) is 32.6 Å². The molecule has 0 spiro atoms. The van der Waals surface area contributed by atoms with Crippen molar-refractivity contribution in [3.8, 4) is 0 Å². The van der Waals surface area contributed by atoms with Gasteiger partial charge in [-0.05, 0) is 31.0 Å². The third kappa shape index (κ3) is 4.53. The van der Waals surface area contributed by atoms with Crippen molar-refractivity contribution < 1.29 is 0 Å². The quantitative estimate of drug-likeness (QED) is 0.874. The first-order valence-electron chi connectivity index (χ1n) is 8.44. The molecule has 0 aromatic heterocycles. The Kier molecular flexibility index (Phi) is 6.22. The molecule has 1 aromatic rings. The summed E-state index contributed by atoms with van der Waals surface area (Å²) in [6.45, 7) is 12.3. The molecule has 1 aromatic carbocycles. The fraction of sp³-hybridized carbons (Fsp3) is 0.667. The molecular formula is C18H31N3. The van der Waals surface area contributed by atoms with Gasteiger partial charge in [0.25, 0.3) is 0 Å². The summed E-state index contributed by atoms with van der Waals surface area (Å²) in [5.41, 5.74) is 9.09. The average molecular weight is 289 g/mol. The number of likely N-dealkylation sites (N-methyl/N-ethyl adjacent to an activating group) is 1. The minimum atomic E-state index is 0.126. The van der Waals surface area contributed by atoms with Gasteiger partial charge >= 0.3 is 0 Å². The molecule has 1 fully saturated rings. The van der Waals surface area contributed by atoms with Gasteiger partial charge < -0.3 is 5.73 Å². The lowest BCUT2D eigenvalue weighted by molar-refractivity contribution is 0.0841. The molecule has 0 amide bonds. The Morgan fingerprint density at radius 1 is 1.19 bits per heavy atom. The molecular weight excluding hydrogens is 258 g/mol. The Hall–Kier alpha value is -0.900. The number of hydrogen-bond acceptors (Lipinski definition) is 3. The van der Waals surface area contributed by atoms with E-state index in [2.05, 4.69) is 54.8 Å². The van der Waals surface area contributed by atoms with Crippen LogP contribution in [0.1, 0.15) is 44.4 Å². The van der Waals surface area contributed by atoms with Crippen molar-refractivity contribution >= 4 is 0 Å². The highest BCUT2D eigenvalue weighted by atomic mass is 15.3. The number of benzene rings is 1. The van der Waals surface area contributed by atoms with Crippen LogP contribution in [0.5, 0.6) is 0 Å². The summed E-state index contributed by atoms with van der Waals surface area (Å²) in [5.74, 6) is 0. The molecule has 2 atom stereocenters. The second-order valence-corrected chi connectivity index (χ2v) is 6.34. The second kappa shape index (κ2) is 7.92. The van der Waals surface area contributed by atoms with E-state index >= 15 is 0 Å². The Labute approximate surface area is 130 Å². The Morgan fingerprint density at radius 3 is 2.48 bits per heavy atom. The van der Waals surface area contributed by atoms with Gasteiger partial charge in [-0.15, -0.1) is 0 Å². The summed E-state index contributed by atoms with van der Waals surface area (Å²) in [5, 5.41) is 0. The number of rotatable bonds is 6. The molecule has 1 aliphatic rings. The molecule has 0 aliphatic carbocycles. The largest absolute Gasteiger partial charge is 0.323 e. The molecule has 2 unspecified atom stereocenters. The van der Waals surface area contributed by atoms with Crippen LogP contribution in [0.4, 0.5) is 0 Å². The number of hydrogen-bond donors (Lipinski definition) is 1. The average Bonchev–Trinajstić information content (AvgIpc) is 2.48. The van der Waals surface area contributed by atoms with Gasteiger partial charge in [-0.25, -0.2) is 0 Å². The van der Waals surface area contributed by atoms with E-state index in [9.17, 15) is 0 Å². The molecule has 0 saturated carbocycles. The molecule has 3 nitrogen and oxygen atoms in total. The minimum absolute atomic E-state index is 0.126. The normalized spacial score (nSPS) is 22.4. The lowest BCUT2D eigenvalue weighted by atomic mass is 10.0. The molecule has 3 heteroatoms. The topological polar surface area (TPSA) is 32.5 Å². The number of piperazine rings is 1. The van der Waals surface area contributed by atoms with Gasteiger partial charge in [0.2, 0.25) is 0 Å². The minimum Gasteiger partial charge on any atom is -0.323 e. The number of nitrogens with zero attached hydrogens (tertiary/aromatic N) is 2. The summed E-state index contributed by atoms with van der Waals surface area (Å²) < 4.78 is 0. The second-order valence-electron chi connectivity index (χ2n) is 6.34. The first kappa shape index (κ1) is 16.5. The Balaban J connectivity index is 1.87. The maximum Gasteiger partial charge on any atom is 0.0424 e. The predicted molar refractivity (Wildman–Crippen MR) is 90.5 cm³/mol. The highest BCUT2D eigenvalue weighted by Gasteiger charge is 2.23. The van der Waals surface area contributed by atoms with Gasteiger partial charge in [0, 0.05) is 38.3 Å². The first-order chi connectivity index (χ1) is 10.1. The van der Waals surface area contributed by atoms with Crippen LogP contribution in [0.25, 0.3) is 0 Å². The monoisotopic (exact) mass is 289 g/mol. The van der Waals surface area contributed by atoms with Crippen LogP contribution in [0.2, 0.25) is 0 Å². The SMILES string of the molecule is CCCc1ccc(C(N)CN2CCN(CC)C(C)C2)cc1. The molecule has 21 heavy (non-hydrogen) atoms. The lowest BCUT2D eigenvalue weighted by Crippen LogP contribution is -2.52. The van der Waals surface area contributed by atoms with Gasteiger partial charge in [0.05, 0.1) is 0 Å². The fourth-order valence-electron chi connectivity index (χ4n) is 3.31. The van der Waals surface area contributed by atoms with E-state index in [-0.39, 0.29) is 6.04 Å². The summed E-state index contributed by atoms with van der Waals surface area (Å²) in [6, 6.07) is 9.65. The standard InChI is InChI=1S/C18H31N3/c1-4-6-16-7-9-17(10-8-16)18(19)14-20-11-12-21(5-2)15(3)13-20/h7-10,15,18H,4-6,11-14,19H2,1-3H3. The maximum absolute atomic E-state index is 6.41. The third-order valence-electron chi connectivity index (χ3n) is 4.66. The van der Waals surface area contributed by atoms with E-state index in [1.54, 1.807) is 0 Å². The summed E-state index contributed by atoms with van der Waals surface area (Å²) in [4.78, 5) is 5.06. The highest BCUT2D eigenvalue weighted by Crippen LogP contribution is 2.16. The zero-order valence-corrected chi connectivity index (χ0v) is 13.9. The fourth-order valence-corrected chi connectivity index (χ4v) is 3.31. The van der Waals surface area contributed by atoms with E-state index in [0.29, 0.717) is 6.04 Å². The molecule has 2 rings (SSSR count). The Bertz CT molecular complexity index is 415. The smallest absolute Gasteiger partial charge is 0.0424 e. The van der Waals surface area contributed by atoms with Crippen molar-refractivity contribution in [1.29, 1.82) is 0 Å². The van der Waals surface area contributed by atoms with E-state index in [4.69, 9.17) is 5.73 Å². The van der Waals surface area contributed by atoms with Crippen molar-refractivity contribution in [3.63, 3.8) is 0 Å². The molecule has 118 valence electrons. The zero-order valence-electron chi connectivity index (χ0n) is 13.9. The third-order valence-corrected chi connectivity index (χ3v) is 4.66. The van der Waals surface area contributed by atoms with Crippen LogP contribution in [0.3, 0.4) is 0 Å². The predicted octanol–water partition coefficient (Wildman–Crippen LogP) is 2.66. The molecule has 2 N–H and O–H groups in total.